The Balaban J connectivity index is 2.00. The Morgan fingerprint density at radius 2 is 2.06 bits per heavy atom. The van der Waals surface area contributed by atoms with Crippen LogP contribution in [-0.4, -0.2) is 23.3 Å². The molecule has 0 fully saturated rings. The van der Waals surface area contributed by atoms with Crippen LogP contribution in [-0.2, 0) is 0 Å². The molecule has 0 unspecified atom stereocenters. The number of anilines is 1. The number of methoxy groups -OCH3 is 1. The number of hydrazone groups is 1. The Hall–Kier alpha value is -2.50. The molecule has 1 aromatic carbocycles. The van der Waals surface area contributed by atoms with Crippen molar-refractivity contribution in [3.05, 3.63) is 48.0 Å². The van der Waals surface area contributed by atoms with E-state index < -0.39 is 0 Å². The summed E-state index contributed by atoms with van der Waals surface area (Å²) in [6.07, 6.45) is 2.93. The van der Waals surface area contributed by atoms with E-state index in [1.807, 2.05) is 0 Å². The van der Waals surface area contributed by atoms with Crippen molar-refractivity contribution < 1.29 is 9.13 Å². The second kappa shape index (κ2) is 5.72. The van der Waals surface area contributed by atoms with Crippen LogP contribution < -0.4 is 10.2 Å². The van der Waals surface area contributed by atoms with Gasteiger partial charge in [0.05, 0.1) is 13.3 Å². The van der Waals surface area contributed by atoms with Crippen LogP contribution in [0.15, 0.2) is 41.8 Å². The van der Waals surface area contributed by atoms with Gasteiger partial charge in [0.25, 0.3) is 0 Å². The summed E-state index contributed by atoms with van der Waals surface area (Å²) in [6.45, 7) is 0. The fourth-order valence-electron chi connectivity index (χ4n) is 1.23. The van der Waals surface area contributed by atoms with Crippen LogP contribution in [0.4, 0.5) is 10.2 Å². The van der Waals surface area contributed by atoms with Gasteiger partial charge in [-0.2, -0.15) is 5.10 Å². The lowest BCUT2D eigenvalue weighted by Gasteiger charge is -2.01. The molecule has 2 rings (SSSR count). The van der Waals surface area contributed by atoms with Gasteiger partial charge in [0.15, 0.2) is 5.82 Å². The molecule has 18 heavy (non-hydrogen) atoms. The van der Waals surface area contributed by atoms with Gasteiger partial charge in [0.1, 0.15) is 12.1 Å². The largest absolute Gasteiger partial charge is 0.481 e. The lowest BCUT2D eigenvalue weighted by molar-refractivity contribution is 0.397. The van der Waals surface area contributed by atoms with Crippen LogP contribution >= 0.6 is 0 Å². The van der Waals surface area contributed by atoms with Crippen LogP contribution in [0.1, 0.15) is 5.56 Å². The molecule has 1 N–H and O–H groups in total. The van der Waals surface area contributed by atoms with Crippen molar-refractivity contribution >= 4 is 12.0 Å². The number of nitrogens with zero attached hydrogens (tertiary/aromatic N) is 3. The second-order valence-corrected chi connectivity index (χ2v) is 3.37. The van der Waals surface area contributed by atoms with Crippen molar-refractivity contribution in [3.63, 3.8) is 0 Å². The van der Waals surface area contributed by atoms with E-state index in [9.17, 15) is 4.39 Å². The quantitative estimate of drug-likeness (QED) is 0.662. The van der Waals surface area contributed by atoms with E-state index in [2.05, 4.69) is 20.5 Å². The second-order valence-electron chi connectivity index (χ2n) is 3.37. The number of nitrogens with one attached hydrogen (secondary N) is 1. The van der Waals surface area contributed by atoms with Gasteiger partial charge in [0, 0.05) is 6.07 Å². The van der Waals surface area contributed by atoms with Gasteiger partial charge in [-0.1, -0.05) is 12.1 Å². The lowest BCUT2D eigenvalue weighted by Crippen LogP contribution is -1.96. The van der Waals surface area contributed by atoms with Gasteiger partial charge in [-0.15, -0.1) is 0 Å². The Morgan fingerprint density at radius 3 is 2.78 bits per heavy atom. The molecule has 0 aliphatic carbocycles. The highest BCUT2D eigenvalue weighted by molar-refractivity contribution is 5.79. The van der Waals surface area contributed by atoms with Crippen LogP contribution in [0.5, 0.6) is 5.88 Å². The summed E-state index contributed by atoms with van der Waals surface area (Å²) in [5.74, 6) is 0.685. The predicted molar refractivity (Wildman–Crippen MR) is 66.2 cm³/mol. The normalized spacial score (nSPS) is 10.6. The zero-order valence-electron chi connectivity index (χ0n) is 9.67. The summed E-state index contributed by atoms with van der Waals surface area (Å²) in [5.41, 5.74) is 3.51. The Kier molecular flexibility index (Phi) is 3.80. The first kappa shape index (κ1) is 12.0. The van der Waals surface area contributed by atoms with E-state index in [1.165, 1.54) is 25.6 Å². The third-order valence-corrected chi connectivity index (χ3v) is 2.11. The van der Waals surface area contributed by atoms with E-state index in [4.69, 9.17) is 4.74 Å². The molecular weight excluding hydrogens is 235 g/mol. The fraction of sp³-hybridized carbons (Fsp3) is 0.0833. The molecule has 6 heteroatoms. The van der Waals surface area contributed by atoms with Crippen molar-refractivity contribution in [1.82, 2.24) is 9.97 Å². The molecule has 0 saturated carbocycles. The van der Waals surface area contributed by atoms with E-state index in [0.29, 0.717) is 11.7 Å². The van der Waals surface area contributed by atoms with Gasteiger partial charge < -0.3 is 4.74 Å². The average molecular weight is 246 g/mol. The first-order chi connectivity index (χ1) is 8.78. The summed E-state index contributed by atoms with van der Waals surface area (Å²) in [5, 5.41) is 3.97. The van der Waals surface area contributed by atoms with E-state index >= 15 is 0 Å². The summed E-state index contributed by atoms with van der Waals surface area (Å²) >= 11 is 0. The highest BCUT2D eigenvalue weighted by atomic mass is 19.1. The summed E-state index contributed by atoms with van der Waals surface area (Å²) in [6, 6.07) is 7.61. The van der Waals surface area contributed by atoms with Gasteiger partial charge in [-0.3, -0.25) is 5.43 Å². The van der Waals surface area contributed by atoms with E-state index in [-0.39, 0.29) is 5.82 Å². The monoisotopic (exact) mass is 246 g/mol. The van der Waals surface area contributed by atoms with Crippen molar-refractivity contribution in [2.45, 2.75) is 0 Å². The smallest absolute Gasteiger partial charge is 0.218 e. The molecular formula is C12H11FN4O. The number of benzene rings is 1. The molecule has 0 saturated heterocycles. The molecule has 0 aliphatic heterocycles. The maximum Gasteiger partial charge on any atom is 0.218 e. The highest BCUT2D eigenvalue weighted by Gasteiger charge is 1.96. The van der Waals surface area contributed by atoms with Crippen molar-refractivity contribution in [2.75, 3.05) is 12.5 Å². The molecule has 92 valence electrons. The molecule has 0 bridgehead atoms. The Labute approximate surface area is 103 Å². The SMILES string of the molecule is COc1cc(NN=Cc2ccc(F)cc2)ncn1. The third kappa shape index (κ3) is 3.24. The number of hydrogen-bond donors (Lipinski definition) is 1. The summed E-state index contributed by atoms with van der Waals surface area (Å²) in [4.78, 5) is 7.82. The number of hydrogen-bond acceptors (Lipinski definition) is 5. The fourth-order valence-corrected chi connectivity index (χ4v) is 1.23. The third-order valence-electron chi connectivity index (χ3n) is 2.11. The maximum atomic E-state index is 12.7. The molecule has 1 heterocycles. The Bertz CT molecular complexity index is 542. The van der Waals surface area contributed by atoms with Gasteiger partial charge in [-0.05, 0) is 17.7 Å². The van der Waals surface area contributed by atoms with Crippen molar-refractivity contribution in [2.24, 2.45) is 5.10 Å². The Morgan fingerprint density at radius 1 is 1.28 bits per heavy atom. The molecule has 0 atom stereocenters. The highest BCUT2D eigenvalue weighted by Crippen LogP contribution is 2.09. The van der Waals surface area contributed by atoms with Gasteiger partial charge in [0.2, 0.25) is 5.88 Å². The maximum absolute atomic E-state index is 12.7. The number of ether oxygens (including phenoxy) is 1. The number of aromatic nitrogens is 2. The van der Waals surface area contributed by atoms with Crippen molar-refractivity contribution in [3.8, 4) is 5.88 Å². The molecule has 0 amide bonds. The molecule has 0 aliphatic rings. The molecule has 0 spiro atoms. The van der Waals surface area contributed by atoms with Gasteiger partial charge in [-0.25, -0.2) is 14.4 Å². The average Bonchev–Trinajstić information content (AvgIpc) is 2.41. The zero-order valence-corrected chi connectivity index (χ0v) is 9.67. The summed E-state index contributed by atoms with van der Waals surface area (Å²) in [7, 11) is 1.52. The molecule has 5 nitrogen and oxygen atoms in total. The first-order valence-electron chi connectivity index (χ1n) is 5.18. The van der Waals surface area contributed by atoms with Crippen LogP contribution in [0.3, 0.4) is 0 Å². The predicted octanol–water partition coefficient (Wildman–Crippen LogP) is 2.07. The minimum atomic E-state index is -0.277. The molecule has 0 radical (unpaired) electrons. The number of rotatable bonds is 4. The van der Waals surface area contributed by atoms with Crippen molar-refractivity contribution in [1.29, 1.82) is 0 Å². The van der Waals surface area contributed by atoms with Crippen LogP contribution in [0, 0.1) is 5.82 Å². The zero-order chi connectivity index (χ0) is 12.8. The standard InChI is InChI=1S/C12H11FN4O/c1-18-12-6-11(14-8-15-12)17-16-7-9-2-4-10(13)5-3-9/h2-8H,1H3,(H,14,15,17). The van der Waals surface area contributed by atoms with Crippen LogP contribution in [0.25, 0.3) is 0 Å². The minimum absolute atomic E-state index is 0.277. The summed E-state index contributed by atoms with van der Waals surface area (Å²) < 4.78 is 17.6. The van der Waals surface area contributed by atoms with Gasteiger partial charge >= 0.3 is 0 Å². The minimum Gasteiger partial charge on any atom is -0.481 e. The lowest BCUT2D eigenvalue weighted by atomic mass is 10.2. The first-order valence-corrected chi connectivity index (χ1v) is 5.18. The molecule has 1 aromatic heterocycles. The number of halogens is 1. The topological polar surface area (TPSA) is 59.4 Å². The van der Waals surface area contributed by atoms with Crippen LogP contribution in [0.2, 0.25) is 0 Å². The molecule has 2 aromatic rings. The van der Waals surface area contributed by atoms with E-state index in [1.54, 1.807) is 24.4 Å². The van der Waals surface area contributed by atoms with E-state index in [0.717, 1.165) is 5.56 Å².